The molecule has 0 radical (unpaired) electrons. The van der Waals surface area contributed by atoms with Gasteiger partial charge in [-0.05, 0) is 36.4 Å². The number of hydrogen-bond donors (Lipinski definition) is 3. The monoisotopic (exact) mass is 375 g/mol. The Kier molecular flexibility index (Phi) is 6.67. The predicted octanol–water partition coefficient (Wildman–Crippen LogP) is 1.44. The SMILES string of the molecule is C[NH+](CC(=O)Nc1cccc(F)c1)CC(=O)Nc1cc(Cl)ccc1C#N. The number of amides is 2. The van der Waals surface area contributed by atoms with Crippen LogP contribution in [0.4, 0.5) is 15.8 Å². The summed E-state index contributed by atoms with van der Waals surface area (Å²) in [5.41, 5.74) is 0.969. The number of carbonyl (C=O) groups excluding carboxylic acids is 2. The number of nitrogens with one attached hydrogen (secondary N) is 3. The lowest BCUT2D eigenvalue weighted by Gasteiger charge is -2.14. The molecule has 26 heavy (non-hydrogen) atoms. The third kappa shape index (κ3) is 5.84. The molecule has 1 unspecified atom stereocenters. The number of likely N-dealkylation sites (N-methyl/N-ethyl adjacent to an activating group) is 1. The highest BCUT2D eigenvalue weighted by Crippen LogP contribution is 2.20. The molecule has 134 valence electrons. The van der Waals surface area contributed by atoms with E-state index >= 15 is 0 Å². The smallest absolute Gasteiger partial charge is 0.279 e. The van der Waals surface area contributed by atoms with Crippen LogP contribution >= 0.6 is 11.6 Å². The highest BCUT2D eigenvalue weighted by Gasteiger charge is 2.16. The number of halogens is 2. The van der Waals surface area contributed by atoms with E-state index in [1.54, 1.807) is 19.2 Å². The van der Waals surface area contributed by atoms with Crippen molar-refractivity contribution in [2.45, 2.75) is 0 Å². The van der Waals surface area contributed by atoms with Crippen LogP contribution < -0.4 is 15.5 Å². The molecule has 0 spiro atoms. The highest BCUT2D eigenvalue weighted by molar-refractivity contribution is 6.31. The van der Waals surface area contributed by atoms with Crippen molar-refractivity contribution in [3.8, 4) is 6.07 Å². The molecule has 0 fully saturated rings. The molecule has 2 aromatic carbocycles. The zero-order valence-electron chi connectivity index (χ0n) is 14.0. The summed E-state index contributed by atoms with van der Waals surface area (Å²) in [7, 11) is 1.67. The van der Waals surface area contributed by atoms with Gasteiger partial charge in [0.1, 0.15) is 11.9 Å². The lowest BCUT2D eigenvalue weighted by atomic mass is 10.2. The number of nitriles is 1. The molecular weight excluding hydrogens is 359 g/mol. The Morgan fingerprint density at radius 1 is 1.15 bits per heavy atom. The second-order valence-electron chi connectivity index (χ2n) is 5.72. The van der Waals surface area contributed by atoms with Crippen molar-refractivity contribution < 1.29 is 18.9 Å². The molecule has 0 saturated heterocycles. The summed E-state index contributed by atoms with van der Waals surface area (Å²) in [5.74, 6) is -1.15. The molecule has 0 bridgehead atoms. The maximum Gasteiger partial charge on any atom is 0.279 e. The number of nitrogens with zero attached hydrogens (tertiary/aromatic N) is 1. The molecular formula is C18H17ClFN4O2+. The quantitative estimate of drug-likeness (QED) is 0.714. The van der Waals surface area contributed by atoms with Gasteiger partial charge in [-0.1, -0.05) is 17.7 Å². The van der Waals surface area contributed by atoms with Crippen LogP contribution in [0.2, 0.25) is 5.02 Å². The number of rotatable bonds is 6. The third-order valence-corrected chi connectivity index (χ3v) is 3.64. The summed E-state index contributed by atoms with van der Waals surface area (Å²) in [6.45, 7) is 0.0263. The molecule has 0 saturated carbocycles. The standard InChI is InChI=1S/C18H16ClFN4O2/c1-24(10-17(25)22-15-4-2-3-14(20)8-15)11-18(26)23-16-7-13(19)6-5-12(16)9-21/h2-8H,10-11H2,1H3,(H,22,25)(H,23,26)/p+1. The fourth-order valence-electron chi connectivity index (χ4n) is 2.29. The van der Waals surface area contributed by atoms with Gasteiger partial charge >= 0.3 is 0 Å². The van der Waals surface area contributed by atoms with E-state index in [0.717, 1.165) is 0 Å². The summed E-state index contributed by atoms with van der Waals surface area (Å²) < 4.78 is 13.1. The minimum atomic E-state index is -0.447. The van der Waals surface area contributed by atoms with Crippen LogP contribution in [0.1, 0.15) is 5.56 Å². The van der Waals surface area contributed by atoms with Crippen molar-refractivity contribution in [2.24, 2.45) is 0 Å². The van der Waals surface area contributed by atoms with Crippen LogP contribution in [-0.4, -0.2) is 32.0 Å². The van der Waals surface area contributed by atoms with Crippen LogP contribution in [0, 0.1) is 17.1 Å². The van der Waals surface area contributed by atoms with E-state index < -0.39 is 5.82 Å². The van der Waals surface area contributed by atoms with E-state index in [1.807, 2.05) is 6.07 Å². The highest BCUT2D eigenvalue weighted by atomic mass is 35.5. The van der Waals surface area contributed by atoms with Crippen molar-refractivity contribution in [3.05, 3.63) is 58.9 Å². The Morgan fingerprint density at radius 3 is 2.50 bits per heavy atom. The molecule has 0 aliphatic rings. The molecule has 0 heterocycles. The van der Waals surface area contributed by atoms with Crippen molar-refractivity contribution >= 4 is 34.8 Å². The van der Waals surface area contributed by atoms with Gasteiger partial charge in [-0.15, -0.1) is 0 Å². The van der Waals surface area contributed by atoms with E-state index in [1.165, 1.54) is 30.3 Å². The number of quaternary nitrogens is 1. The van der Waals surface area contributed by atoms with E-state index in [0.29, 0.717) is 26.9 Å². The van der Waals surface area contributed by atoms with Crippen LogP contribution in [0.25, 0.3) is 0 Å². The van der Waals surface area contributed by atoms with Crippen LogP contribution in [0.3, 0.4) is 0 Å². The zero-order valence-corrected chi connectivity index (χ0v) is 14.7. The van der Waals surface area contributed by atoms with E-state index in [4.69, 9.17) is 16.9 Å². The Morgan fingerprint density at radius 2 is 1.85 bits per heavy atom. The molecule has 0 aliphatic carbocycles. The lowest BCUT2D eigenvalue weighted by molar-refractivity contribution is -0.862. The van der Waals surface area contributed by atoms with Gasteiger partial charge in [0, 0.05) is 10.7 Å². The fourth-order valence-corrected chi connectivity index (χ4v) is 2.47. The predicted molar refractivity (Wildman–Crippen MR) is 96.4 cm³/mol. The summed E-state index contributed by atoms with van der Waals surface area (Å²) in [6, 6.07) is 12.1. The maximum absolute atomic E-state index is 13.1. The second kappa shape index (κ2) is 8.94. The average Bonchev–Trinajstić information content (AvgIpc) is 2.54. The molecule has 2 aromatic rings. The second-order valence-corrected chi connectivity index (χ2v) is 6.16. The first-order chi connectivity index (χ1) is 12.4. The van der Waals surface area contributed by atoms with Gasteiger partial charge in [0.05, 0.1) is 18.3 Å². The number of benzene rings is 2. The molecule has 2 amide bonds. The Balaban J connectivity index is 1.88. The van der Waals surface area contributed by atoms with Gasteiger partial charge < -0.3 is 15.5 Å². The molecule has 2 rings (SSSR count). The number of hydrogen-bond acceptors (Lipinski definition) is 3. The van der Waals surface area contributed by atoms with Crippen molar-refractivity contribution in [2.75, 3.05) is 30.8 Å². The molecule has 8 heteroatoms. The summed E-state index contributed by atoms with van der Waals surface area (Å²) in [6.07, 6.45) is 0. The third-order valence-electron chi connectivity index (χ3n) is 3.41. The largest absolute Gasteiger partial charge is 0.322 e. The average molecular weight is 376 g/mol. The van der Waals surface area contributed by atoms with Crippen molar-refractivity contribution in [1.82, 2.24) is 0 Å². The van der Waals surface area contributed by atoms with Crippen LogP contribution in [-0.2, 0) is 9.59 Å². The van der Waals surface area contributed by atoms with Crippen LogP contribution in [0.15, 0.2) is 42.5 Å². The van der Waals surface area contributed by atoms with Gasteiger partial charge in [0.2, 0.25) is 0 Å². The summed E-state index contributed by atoms with van der Waals surface area (Å²) in [5, 5.41) is 14.6. The summed E-state index contributed by atoms with van der Waals surface area (Å²) in [4.78, 5) is 24.7. The Hall–Kier alpha value is -2.95. The zero-order chi connectivity index (χ0) is 19.1. The Labute approximate surface area is 155 Å². The van der Waals surface area contributed by atoms with E-state index in [-0.39, 0.29) is 24.9 Å². The molecule has 0 aromatic heterocycles. The van der Waals surface area contributed by atoms with Crippen LogP contribution in [0.5, 0.6) is 0 Å². The lowest BCUT2D eigenvalue weighted by Crippen LogP contribution is -3.11. The number of carbonyl (C=O) groups is 2. The number of anilines is 2. The molecule has 3 N–H and O–H groups in total. The topological polar surface area (TPSA) is 86.4 Å². The van der Waals surface area contributed by atoms with Gasteiger partial charge in [-0.25, -0.2) is 4.39 Å². The first-order valence-electron chi connectivity index (χ1n) is 7.73. The normalized spacial score (nSPS) is 11.3. The van der Waals surface area contributed by atoms with Crippen molar-refractivity contribution in [1.29, 1.82) is 5.26 Å². The van der Waals surface area contributed by atoms with Gasteiger partial charge in [0.25, 0.3) is 11.8 Å². The molecule has 0 aliphatic heterocycles. The molecule has 6 nitrogen and oxygen atoms in total. The van der Waals surface area contributed by atoms with E-state index in [2.05, 4.69) is 10.6 Å². The maximum atomic E-state index is 13.1. The fraction of sp³-hybridized carbons (Fsp3) is 0.167. The van der Waals surface area contributed by atoms with Gasteiger partial charge in [-0.2, -0.15) is 5.26 Å². The Bertz CT molecular complexity index is 867. The first-order valence-corrected chi connectivity index (χ1v) is 8.11. The van der Waals surface area contributed by atoms with Gasteiger partial charge in [0.15, 0.2) is 13.1 Å². The summed E-state index contributed by atoms with van der Waals surface area (Å²) >= 11 is 5.87. The minimum absolute atomic E-state index is 0.00789. The van der Waals surface area contributed by atoms with Crippen molar-refractivity contribution in [3.63, 3.8) is 0 Å². The van der Waals surface area contributed by atoms with Gasteiger partial charge in [-0.3, -0.25) is 9.59 Å². The van der Waals surface area contributed by atoms with E-state index in [9.17, 15) is 14.0 Å². The minimum Gasteiger partial charge on any atom is -0.322 e. The first kappa shape index (κ1) is 19.4. The molecule has 1 atom stereocenters.